The van der Waals surface area contributed by atoms with E-state index in [2.05, 4.69) is 11.7 Å². The van der Waals surface area contributed by atoms with Gasteiger partial charge in [0, 0.05) is 12.1 Å². The third-order valence-corrected chi connectivity index (χ3v) is 3.90. The lowest BCUT2D eigenvalue weighted by Crippen LogP contribution is -2.41. The fourth-order valence-electron chi connectivity index (χ4n) is 2.63. The molecule has 0 unspecified atom stereocenters. The van der Waals surface area contributed by atoms with Crippen LogP contribution in [0.4, 0.5) is 0 Å². The molecule has 1 fully saturated rings. The Morgan fingerprint density at radius 2 is 2.18 bits per heavy atom. The topological polar surface area (TPSA) is 55.6 Å². The number of ether oxygens (including phenoxy) is 1. The molecule has 2 aromatic rings. The summed E-state index contributed by atoms with van der Waals surface area (Å²) in [4.78, 5) is 13.5. The number of aromatic nitrogens is 1. The highest BCUT2D eigenvalue weighted by atomic mass is 16.5. The van der Waals surface area contributed by atoms with E-state index >= 15 is 0 Å². The van der Waals surface area contributed by atoms with E-state index in [1.807, 2.05) is 31.2 Å². The molecule has 0 saturated carbocycles. The Labute approximate surface area is 129 Å². The number of morpholine rings is 1. The van der Waals surface area contributed by atoms with Crippen LogP contribution in [0.2, 0.25) is 0 Å². The molecular weight excluding hydrogens is 280 g/mol. The van der Waals surface area contributed by atoms with Crippen LogP contribution in [0, 0.1) is 6.92 Å². The highest BCUT2D eigenvalue weighted by Crippen LogP contribution is 2.27. The van der Waals surface area contributed by atoms with Crippen molar-refractivity contribution in [3.63, 3.8) is 0 Å². The third-order valence-electron chi connectivity index (χ3n) is 3.90. The number of nitrogens with zero attached hydrogens (tertiary/aromatic N) is 2. The fraction of sp³-hybridized carbons (Fsp3) is 0.294. The van der Waals surface area contributed by atoms with Gasteiger partial charge in [-0.05, 0) is 24.1 Å². The van der Waals surface area contributed by atoms with Crippen molar-refractivity contribution in [2.75, 3.05) is 19.7 Å². The summed E-state index contributed by atoms with van der Waals surface area (Å²) in [6.07, 6.45) is 2.96. The van der Waals surface area contributed by atoms with Crippen LogP contribution in [-0.4, -0.2) is 35.7 Å². The minimum Gasteiger partial charge on any atom is -0.370 e. The maximum Gasteiger partial charge on any atom is 0.246 e. The predicted octanol–water partition coefficient (Wildman–Crippen LogP) is 2.74. The number of carbonyl (C=O) groups is 1. The minimum absolute atomic E-state index is 0.0509. The number of benzene rings is 1. The van der Waals surface area contributed by atoms with Crippen LogP contribution in [0.15, 0.2) is 47.6 Å². The standard InChI is InChI=1S/C17H18N2O3/c1-3-17(20)19-8-9-21-16(11-19)14-6-4-13(5-7-14)15-10-18-22-12(15)2/h3-7,10,16H,1,8-9,11H2,2H3/t16-/m0/s1. The van der Waals surface area contributed by atoms with E-state index in [4.69, 9.17) is 9.26 Å². The van der Waals surface area contributed by atoms with Gasteiger partial charge >= 0.3 is 0 Å². The average molecular weight is 298 g/mol. The minimum atomic E-state index is -0.102. The molecule has 5 heteroatoms. The first-order valence-electron chi connectivity index (χ1n) is 7.23. The Morgan fingerprint density at radius 1 is 1.41 bits per heavy atom. The van der Waals surface area contributed by atoms with Crippen LogP contribution in [0.3, 0.4) is 0 Å². The van der Waals surface area contributed by atoms with Crippen LogP contribution in [0.25, 0.3) is 11.1 Å². The lowest BCUT2D eigenvalue weighted by atomic mass is 10.0. The van der Waals surface area contributed by atoms with Crippen molar-refractivity contribution in [3.8, 4) is 11.1 Å². The second-order valence-electron chi connectivity index (χ2n) is 5.27. The molecule has 1 aliphatic heterocycles. The summed E-state index contributed by atoms with van der Waals surface area (Å²) in [5, 5.41) is 3.80. The Morgan fingerprint density at radius 3 is 2.82 bits per heavy atom. The zero-order chi connectivity index (χ0) is 15.5. The molecule has 5 nitrogen and oxygen atoms in total. The monoisotopic (exact) mass is 298 g/mol. The lowest BCUT2D eigenvalue weighted by Gasteiger charge is -2.32. The van der Waals surface area contributed by atoms with Gasteiger partial charge in [0.15, 0.2) is 0 Å². The van der Waals surface area contributed by atoms with Gasteiger partial charge in [-0.2, -0.15) is 0 Å². The number of amides is 1. The maximum absolute atomic E-state index is 11.7. The molecule has 3 rings (SSSR count). The smallest absolute Gasteiger partial charge is 0.246 e. The normalized spacial score (nSPS) is 18.2. The number of aryl methyl sites for hydroxylation is 1. The maximum atomic E-state index is 11.7. The second kappa shape index (κ2) is 6.15. The summed E-state index contributed by atoms with van der Waals surface area (Å²) >= 11 is 0. The molecule has 114 valence electrons. The van der Waals surface area contributed by atoms with Gasteiger partial charge in [0.2, 0.25) is 5.91 Å². The predicted molar refractivity (Wildman–Crippen MR) is 82.1 cm³/mol. The molecule has 0 spiro atoms. The molecule has 2 heterocycles. The zero-order valence-corrected chi connectivity index (χ0v) is 12.5. The third kappa shape index (κ3) is 2.80. The summed E-state index contributed by atoms with van der Waals surface area (Å²) < 4.78 is 10.9. The fourth-order valence-corrected chi connectivity index (χ4v) is 2.63. The molecule has 1 aliphatic rings. The highest BCUT2D eigenvalue weighted by Gasteiger charge is 2.24. The van der Waals surface area contributed by atoms with Gasteiger partial charge in [0.1, 0.15) is 11.9 Å². The number of rotatable bonds is 3. The molecule has 0 bridgehead atoms. The summed E-state index contributed by atoms with van der Waals surface area (Å²) in [5.74, 6) is 0.745. The van der Waals surface area contributed by atoms with Crippen LogP contribution in [0.1, 0.15) is 17.4 Å². The average Bonchev–Trinajstić information content (AvgIpc) is 3.00. The van der Waals surface area contributed by atoms with Crippen molar-refractivity contribution in [3.05, 3.63) is 54.4 Å². The molecule has 1 atom stereocenters. The Hall–Kier alpha value is -2.40. The quantitative estimate of drug-likeness (QED) is 0.818. The summed E-state index contributed by atoms with van der Waals surface area (Å²) in [6, 6.07) is 8.08. The van der Waals surface area contributed by atoms with E-state index in [0.29, 0.717) is 19.7 Å². The van der Waals surface area contributed by atoms with Crippen LogP contribution in [0.5, 0.6) is 0 Å². The van der Waals surface area contributed by atoms with Gasteiger partial charge in [-0.1, -0.05) is 36.0 Å². The van der Waals surface area contributed by atoms with Crippen LogP contribution < -0.4 is 0 Å². The molecule has 0 aliphatic carbocycles. The number of carbonyl (C=O) groups excluding carboxylic acids is 1. The first kappa shape index (κ1) is 14.5. The van der Waals surface area contributed by atoms with E-state index in [-0.39, 0.29) is 12.0 Å². The van der Waals surface area contributed by atoms with Crippen molar-refractivity contribution in [1.29, 1.82) is 0 Å². The molecule has 22 heavy (non-hydrogen) atoms. The summed E-state index contributed by atoms with van der Waals surface area (Å²) in [6.45, 7) is 7.12. The molecule has 1 aromatic carbocycles. The zero-order valence-electron chi connectivity index (χ0n) is 12.5. The lowest BCUT2D eigenvalue weighted by molar-refractivity contribution is -0.133. The first-order valence-corrected chi connectivity index (χ1v) is 7.23. The van der Waals surface area contributed by atoms with E-state index in [9.17, 15) is 4.79 Å². The van der Waals surface area contributed by atoms with E-state index in [1.165, 1.54) is 6.08 Å². The summed E-state index contributed by atoms with van der Waals surface area (Å²) in [7, 11) is 0. The molecule has 1 aromatic heterocycles. The van der Waals surface area contributed by atoms with E-state index < -0.39 is 0 Å². The molecule has 1 saturated heterocycles. The van der Waals surface area contributed by atoms with E-state index in [0.717, 1.165) is 22.5 Å². The van der Waals surface area contributed by atoms with Crippen molar-refractivity contribution in [2.24, 2.45) is 0 Å². The molecule has 0 N–H and O–H groups in total. The largest absolute Gasteiger partial charge is 0.370 e. The van der Waals surface area contributed by atoms with Gasteiger partial charge in [0.05, 0.1) is 19.3 Å². The number of hydrogen-bond acceptors (Lipinski definition) is 4. The van der Waals surface area contributed by atoms with E-state index in [1.54, 1.807) is 11.1 Å². The van der Waals surface area contributed by atoms with Crippen molar-refractivity contribution in [2.45, 2.75) is 13.0 Å². The highest BCUT2D eigenvalue weighted by molar-refractivity contribution is 5.87. The van der Waals surface area contributed by atoms with Crippen LogP contribution in [-0.2, 0) is 9.53 Å². The van der Waals surface area contributed by atoms with Crippen LogP contribution >= 0.6 is 0 Å². The molecule has 1 amide bonds. The van der Waals surface area contributed by atoms with Gasteiger partial charge in [-0.15, -0.1) is 0 Å². The Bertz CT molecular complexity index is 675. The Balaban J connectivity index is 1.76. The van der Waals surface area contributed by atoms with Crippen molar-refractivity contribution >= 4 is 5.91 Å². The molecule has 0 radical (unpaired) electrons. The number of hydrogen-bond donors (Lipinski definition) is 0. The Kier molecular flexibility index (Phi) is 4.06. The summed E-state index contributed by atoms with van der Waals surface area (Å²) in [5.41, 5.74) is 3.09. The SMILES string of the molecule is C=CC(=O)N1CCO[C@H](c2ccc(-c3cnoc3C)cc2)C1. The van der Waals surface area contributed by atoms with Gasteiger partial charge in [0.25, 0.3) is 0 Å². The van der Waals surface area contributed by atoms with Crippen molar-refractivity contribution < 1.29 is 14.1 Å². The van der Waals surface area contributed by atoms with Gasteiger partial charge in [-0.3, -0.25) is 4.79 Å². The van der Waals surface area contributed by atoms with Gasteiger partial charge in [-0.25, -0.2) is 0 Å². The van der Waals surface area contributed by atoms with Crippen molar-refractivity contribution in [1.82, 2.24) is 10.1 Å². The molecular formula is C17H18N2O3. The second-order valence-corrected chi connectivity index (χ2v) is 5.27. The first-order chi connectivity index (χ1) is 10.7. The van der Waals surface area contributed by atoms with Gasteiger partial charge < -0.3 is 14.2 Å².